The molecule has 1 aromatic rings. The number of carbonyl (C=O) groups excluding carboxylic acids is 1. The molecule has 110 valence electrons. The predicted octanol–water partition coefficient (Wildman–Crippen LogP) is 3.28. The lowest BCUT2D eigenvalue weighted by Gasteiger charge is -2.32. The van der Waals surface area contributed by atoms with Crippen molar-refractivity contribution < 1.29 is 18.3 Å². The molecule has 0 aliphatic heterocycles. The minimum Gasteiger partial charge on any atom is -0.496 e. The van der Waals surface area contributed by atoms with Crippen LogP contribution in [-0.4, -0.2) is 18.6 Å². The van der Waals surface area contributed by atoms with E-state index in [9.17, 15) is 13.6 Å². The first-order valence-electron chi connectivity index (χ1n) is 6.56. The van der Waals surface area contributed by atoms with Gasteiger partial charge in [-0.15, -0.1) is 0 Å². The van der Waals surface area contributed by atoms with Crippen molar-refractivity contribution in [3.05, 3.63) is 29.3 Å². The van der Waals surface area contributed by atoms with Gasteiger partial charge in [-0.1, -0.05) is 20.8 Å². The molecule has 0 heterocycles. The summed E-state index contributed by atoms with van der Waals surface area (Å²) in [5, 5.41) is 2.84. The predicted molar refractivity (Wildman–Crippen MR) is 71.8 cm³/mol. The van der Waals surface area contributed by atoms with Crippen molar-refractivity contribution in [2.75, 3.05) is 7.11 Å². The fraction of sp³-hybridized carbons (Fsp3) is 0.533. The second-order valence-electron chi connectivity index (χ2n) is 6.22. The first-order chi connectivity index (χ1) is 9.22. The molecule has 1 fully saturated rings. The van der Waals surface area contributed by atoms with Gasteiger partial charge in [-0.3, -0.25) is 4.79 Å². The number of rotatable bonds is 3. The molecule has 0 atom stereocenters. The van der Waals surface area contributed by atoms with Gasteiger partial charge >= 0.3 is 0 Å². The molecule has 0 unspecified atom stereocenters. The Morgan fingerprint density at radius 1 is 1.30 bits per heavy atom. The third kappa shape index (κ3) is 2.37. The highest BCUT2D eigenvalue weighted by Gasteiger charge is 2.53. The quantitative estimate of drug-likeness (QED) is 0.924. The Hall–Kier alpha value is -1.65. The zero-order valence-electron chi connectivity index (χ0n) is 12.1. The largest absolute Gasteiger partial charge is 0.496 e. The van der Waals surface area contributed by atoms with Crippen LogP contribution in [0, 0.1) is 17.0 Å². The van der Waals surface area contributed by atoms with E-state index in [1.807, 2.05) is 20.8 Å². The zero-order chi connectivity index (χ0) is 15.1. The third-order valence-electron chi connectivity index (χ3n) is 4.04. The van der Waals surface area contributed by atoms with Crippen LogP contribution in [0.5, 0.6) is 5.75 Å². The standard InChI is InChI=1S/C15H19F2NO2/c1-14(2,3)15(7-8-15)18-13(19)11-10(20-4)6-5-9(16)12(11)17/h5-6H,7-8H2,1-4H3,(H,18,19). The molecule has 1 aliphatic rings. The lowest BCUT2D eigenvalue weighted by molar-refractivity contribution is 0.0879. The molecule has 3 nitrogen and oxygen atoms in total. The van der Waals surface area contributed by atoms with E-state index in [-0.39, 0.29) is 22.3 Å². The molecule has 0 aromatic heterocycles. The summed E-state index contributed by atoms with van der Waals surface area (Å²) in [5.41, 5.74) is -0.865. The average Bonchev–Trinajstić information content (AvgIpc) is 3.12. The average molecular weight is 283 g/mol. The van der Waals surface area contributed by atoms with Gasteiger partial charge in [-0.25, -0.2) is 8.78 Å². The van der Waals surface area contributed by atoms with Crippen molar-refractivity contribution in [1.82, 2.24) is 5.32 Å². The van der Waals surface area contributed by atoms with Crippen LogP contribution in [0.4, 0.5) is 8.78 Å². The van der Waals surface area contributed by atoms with Gasteiger partial charge < -0.3 is 10.1 Å². The highest BCUT2D eigenvalue weighted by Crippen LogP contribution is 2.49. The van der Waals surface area contributed by atoms with Crippen LogP contribution < -0.4 is 10.1 Å². The van der Waals surface area contributed by atoms with Crippen molar-refractivity contribution in [2.24, 2.45) is 5.41 Å². The number of ether oxygens (including phenoxy) is 1. The SMILES string of the molecule is COc1ccc(F)c(F)c1C(=O)NC1(C(C)(C)C)CC1. The number of methoxy groups -OCH3 is 1. The molecule has 1 aliphatic carbocycles. The monoisotopic (exact) mass is 283 g/mol. The first kappa shape index (κ1) is 14.8. The summed E-state index contributed by atoms with van der Waals surface area (Å²) >= 11 is 0. The molecule has 1 aromatic carbocycles. The van der Waals surface area contributed by atoms with Gasteiger partial charge in [0, 0.05) is 5.54 Å². The Morgan fingerprint density at radius 3 is 2.35 bits per heavy atom. The maximum Gasteiger partial charge on any atom is 0.258 e. The Kier molecular flexibility index (Phi) is 3.48. The van der Waals surface area contributed by atoms with Crippen LogP contribution in [0.25, 0.3) is 0 Å². The van der Waals surface area contributed by atoms with E-state index in [2.05, 4.69) is 5.32 Å². The van der Waals surface area contributed by atoms with E-state index in [1.165, 1.54) is 13.2 Å². The summed E-state index contributed by atoms with van der Waals surface area (Å²) in [5.74, 6) is -2.83. The number of amides is 1. The van der Waals surface area contributed by atoms with Crippen molar-refractivity contribution in [3.8, 4) is 5.75 Å². The number of hydrogen-bond donors (Lipinski definition) is 1. The second-order valence-corrected chi connectivity index (χ2v) is 6.22. The summed E-state index contributed by atoms with van der Waals surface area (Å²) in [7, 11) is 1.32. The number of hydrogen-bond acceptors (Lipinski definition) is 2. The van der Waals surface area contributed by atoms with Crippen molar-refractivity contribution in [3.63, 3.8) is 0 Å². The van der Waals surface area contributed by atoms with Crippen LogP contribution in [0.15, 0.2) is 12.1 Å². The number of benzene rings is 1. The Morgan fingerprint density at radius 2 is 1.90 bits per heavy atom. The molecular formula is C15H19F2NO2. The molecule has 1 amide bonds. The minimum atomic E-state index is -1.17. The Labute approximate surface area is 117 Å². The number of nitrogens with one attached hydrogen (secondary N) is 1. The molecular weight excluding hydrogens is 264 g/mol. The zero-order valence-corrected chi connectivity index (χ0v) is 12.1. The molecule has 0 bridgehead atoms. The summed E-state index contributed by atoms with van der Waals surface area (Å²) < 4.78 is 32.2. The molecule has 0 radical (unpaired) electrons. The Balaban J connectivity index is 2.33. The van der Waals surface area contributed by atoms with E-state index in [0.29, 0.717) is 0 Å². The maximum atomic E-state index is 13.9. The van der Waals surface area contributed by atoms with Crippen molar-refractivity contribution >= 4 is 5.91 Å². The molecule has 20 heavy (non-hydrogen) atoms. The molecule has 0 spiro atoms. The number of halogens is 2. The molecule has 1 saturated carbocycles. The van der Waals surface area contributed by atoms with E-state index >= 15 is 0 Å². The maximum absolute atomic E-state index is 13.9. The topological polar surface area (TPSA) is 38.3 Å². The van der Waals surface area contributed by atoms with E-state index in [0.717, 1.165) is 18.9 Å². The highest BCUT2D eigenvalue weighted by molar-refractivity contribution is 5.98. The minimum absolute atomic E-state index is 0.0334. The summed E-state index contributed by atoms with van der Waals surface area (Å²) in [4.78, 5) is 12.3. The van der Waals surface area contributed by atoms with Crippen LogP contribution >= 0.6 is 0 Å². The van der Waals surface area contributed by atoms with Crippen LogP contribution in [0.1, 0.15) is 44.0 Å². The van der Waals surface area contributed by atoms with Gasteiger partial charge in [0.15, 0.2) is 11.6 Å². The van der Waals surface area contributed by atoms with Gasteiger partial charge in [-0.2, -0.15) is 0 Å². The van der Waals surface area contributed by atoms with Crippen LogP contribution in [-0.2, 0) is 0 Å². The van der Waals surface area contributed by atoms with E-state index in [1.54, 1.807) is 0 Å². The van der Waals surface area contributed by atoms with Crippen LogP contribution in [0.3, 0.4) is 0 Å². The number of carbonyl (C=O) groups is 1. The fourth-order valence-corrected chi connectivity index (χ4v) is 2.38. The third-order valence-corrected chi connectivity index (χ3v) is 4.04. The summed E-state index contributed by atoms with van der Waals surface area (Å²) in [6.45, 7) is 6.04. The summed E-state index contributed by atoms with van der Waals surface area (Å²) in [6, 6.07) is 2.20. The normalized spacial score (nSPS) is 16.7. The van der Waals surface area contributed by atoms with Crippen molar-refractivity contribution in [1.29, 1.82) is 0 Å². The molecule has 1 N–H and O–H groups in total. The molecule has 5 heteroatoms. The first-order valence-corrected chi connectivity index (χ1v) is 6.56. The molecule has 0 saturated heterocycles. The summed E-state index contributed by atoms with van der Waals surface area (Å²) in [6.07, 6.45) is 1.67. The molecule has 2 rings (SSSR count). The van der Waals surface area contributed by atoms with Crippen LogP contribution in [0.2, 0.25) is 0 Å². The van der Waals surface area contributed by atoms with E-state index in [4.69, 9.17) is 4.74 Å². The van der Waals surface area contributed by atoms with Gasteiger partial charge in [0.2, 0.25) is 0 Å². The lowest BCUT2D eigenvalue weighted by Crippen LogP contribution is -2.46. The van der Waals surface area contributed by atoms with Gasteiger partial charge in [0.1, 0.15) is 11.3 Å². The highest BCUT2D eigenvalue weighted by atomic mass is 19.2. The van der Waals surface area contributed by atoms with E-state index < -0.39 is 17.5 Å². The fourth-order valence-electron chi connectivity index (χ4n) is 2.38. The lowest BCUT2D eigenvalue weighted by atomic mass is 9.84. The second kappa shape index (κ2) is 4.72. The van der Waals surface area contributed by atoms with Gasteiger partial charge in [-0.05, 0) is 30.4 Å². The smallest absolute Gasteiger partial charge is 0.258 e. The van der Waals surface area contributed by atoms with Gasteiger partial charge in [0.05, 0.1) is 7.11 Å². The van der Waals surface area contributed by atoms with Gasteiger partial charge in [0.25, 0.3) is 5.91 Å². The van der Waals surface area contributed by atoms with Crippen molar-refractivity contribution in [2.45, 2.75) is 39.2 Å². The Bertz CT molecular complexity index is 546.